The van der Waals surface area contributed by atoms with Crippen molar-refractivity contribution in [3.8, 4) is 0 Å². The number of rotatable bonds is 6. The maximum absolute atomic E-state index is 13.5. The lowest BCUT2D eigenvalue weighted by Gasteiger charge is -2.16. The van der Waals surface area contributed by atoms with Crippen molar-refractivity contribution in [2.24, 2.45) is 0 Å². The van der Waals surface area contributed by atoms with E-state index in [-0.39, 0.29) is 11.5 Å². The zero-order valence-corrected chi connectivity index (χ0v) is 20.6. The fourth-order valence-corrected chi connectivity index (χ4v) is 6.86. The van der Waals surface area contributed by atoms with Crippen LogP contribution in [0.4, 0.5) is 5.69 Å². The second kappa shape index (κ2) is 8.98. The van der Waals surface area contributed by atoms with Gasteiger partial charge in [0.25, 0.3) is 5.56 Å². The minimum Gasteiger partial charge on any atom is -0.312 e. The van der Waals surface area contributed by atoms with E-state index >= 15 is 0 Å². The lowest BCUT2D eigenvalue weighted by molar-refractivity contribution is -0.117. The van der Waals surface area contributed by atoms with Gasteiger partial charge >= 0.3 is 0 Å². The number of thioether (sulfide) groups is 1. The van der Waals surface area contributed by atoms with Crippen LogP contribution in [0.3, 0.4) is 0 Å². The highest BCUT2D eigenvalue weighted by Crippen LogP contribution is 2.32. The molecule has 1 aliphatic heterocycles. The Labute approximate surface area is 207 Å². The van der Waals surface area contributed by atoms with Crippen molar-refractivity contribution in [1.82, 2.24) is 14.5 Å². The molecular weight excluding hydrogens is 485 g/mol. The molecule has 5 aromatic rings. The summed E-state index contributed by atoms with van der Waals surface area (Å²) < 4.78 is 2.43. The number of aromatic nitrogens is 3. The number of hydrogen-bond acceptors (Lipinski definition) is 7. The Hall–Kier alpha value is -3.01. The molecule has 5 heterocycles. The van der Waals surface area contributed by atoms with Crippen LogP contribution in [-0.4, -0.2) is 27.0 Å². The topological polar surface area (TPSA) is 68.1 Å². The predicted octanol–water partition coefficient (Wildman–Crippen LogP) is 5.54. The summed E-state index contributed by atoms with van der Waals surface area (Å²) >= 11 is 4.60. The van der Waals surface area contributed by atoms with Crippen LogP contribution in [0.15, 0.2) is 70.1 Å². The maximum atomic E-state index is 13.5. The number of carbonyl (C=O) groups is 1. The fourth-order valence-electron chi connectivity index (χ4n) is 4.19. The fraction of sp³-hybridized carbons (Fsp3) is 0.200. The summed E-state index contributed by atoms with van der Waals surface area (Å²) in [7, 11) is 0. The van der Waals surface area contributed by atoms with E-state index in [2.05, 4.69) is 17.1 Å². The molecule has 1 aromatic carbocycles. The minimum absolute atomic E-state index is 0.0215. The van der Waals surface area contributed by atoms with Crippen LogP contribution >= 0.6 is 34.4 Å². The van der Waals surface area contributed by atoms with Crippen LogP contribution in [0, 0.1) is 0 Å². The molecule has 6 rings (SSSR count). The molecule has 0 saturated carbocycles. The Morgan fingerprint density at radius 3 is 2.71 bits per heavy atom. The van der Waals surface area contributed by atoms with Crippen molar-refractivity contribution in [3.63, 3.8) is 0 Å². The van der Waals surface area contributed by atoms with E-state index in [0.29, 0.717) is 28.6 Å². The first kappa shape index (κ1) is 21.5. The van der Waals surface area contributed by atoms with E-state index in [1.54, 1.807) is 33.9 Å². The Bertz CT molecular complexity index is 1560. The predicted molar refractivity (Wildman–Crippen MR) is 140 cm³/mol. The molecule has 1 saturated heterocycles. The molecule has 0 radical (unpaired) electrons. The largest absolute Gasteiger partial charge is 0.312 e. The molecule has 1 fully saturated rings. The molecule has 0 aliphatic carbocycles. The molecule has 1 aliphatic rings. The van der Waals surface area contributed by atoms with Gasteiger partial charge in [0.1, 0.15) is 9.53 Å². The average Bonchev–Trinajstić information content (AvgIpc) is 3.61. The number of fused-ring (bicyclic) bond motifs is 3. The van der Waals surface area contributed by atoms with E-state index in [1.165, 1.54) is 11.3 Å². The normalized spacial score (nSPS) is 14.0. The number of hydrogen-bond donors (Lipinski definition) is 0. The van der Waals surface area contributed by atoms with E-state index in [1.807, 2.05) is 46.7 Å². The second-order valence-corrected chi connectivity index (χ2v) is 11.1. The first-order valence-corrected chi connectivity index (χ1v) is 13.7. The van der Waals surface area contributed by atoms with Crippen LogP contribution in [0.1, 0.15) is 23.3 Å². The van der Waals surface area contributed by atoms with Gasteiger partial charge in [-0.05, 0) is 47.7 Å². The third-order valence-electron chi connectivity index (χ3n) is 5.90. The van der Waals surface area contributed by atoms with Gasteiger partial charge in [-0.25, -0.2) is 9.97 Å². The highest BCUT2D eigenvalue weighted by Gasteiger charge is 2.21. The summed E-state index contributed by atoms with van der Waals surface area (Å²) in [6, 6.07) is 16.0. The number of nitrogens with zero attached hydrogens (tertiary/aromatic N) is 4. The molecule has 0 atom stereocenters. The Morgan fingerprint density at radius 1 is 1.06 bits per heavy atom. The molecule has 4 aromatic heterocycles. The lowest BCUT2D eigenvalue weighted by Crippen LogP contribution is -2.23. The molecule has 0 N–H and O–H groups in total. The lowest BCUT2D eigenvalue weighted by atomic mass is 10.2. The van der Waals surface area contributed by atoms with E-state index in [0.717, 1.165) is 44.8 Å². The van der Waals surface area contributed by atoms with Crippen LogP contribution in [0.25, 0.3) is 20.4 Å². The summed E-state index contributed by atoms with van der Waals surface area (Å²) in [4.78, 5) is 38.8. The van der Waals surface area contributed by atoms with Crippen molar-refractivity contribution in [2.45, 2.75) is 30.3 Å². The summed E-state index contributed by atoms with van der Waals surface area (Å²) in [5.74, 6) is 0.867. The van der Waals surface area contributed by atoms with Gasteiger partial charge in [0, 0.05) is 40.9 Å². The highest BCUT2D eigenvalue weighted by atomic mass is 32.2. The number of carbonyl (C=O) groups excluding carboxylic acids is 1. The van der Waals surface area contributed by atoms with Gasteiger partial charge in [-0.1, -0.05) is 30.0 Å². The van der Waals surface area contributed by atoms with Crippen LogP contribution < -0.4 is 10.5 Å². The van der Waals surface area contributed by atoms with Crippen molar-refractivity contribution >= 4 is 66.5 Å². The standard InChI is InChI=1S/C25H20N4O2S3/c30-20-6-2-12-28(20)17-9-7-16(8-10-17)15-33-25-27-21-19-5-1-11-26-23(19)34-22(21)24(31)29(25)14-18-4-3-13-32-18/h1,3-5,7-11,13H,2,6,12,14-15H2. The molecular formula is C25H20N4O2S3. The first-order valence-electron chi connectivity index (χ1n) is 11.0. The highest BCUT2D eigenvalue weighted by molar-refractivity contribution is 7.98. The van der Waals surface area contributed by atoms with Crippen LogP contribution in [0.2, 0.25) is 0 Å². The Balaban J connectivity index is 1.35. The van der Waals surface area contributed by atoms with Gasteiger partial charge < -0.3 is 4.90 Å². The van der Waals surface area contributed by atoms with Gasteiger partial charge in [-0.3, -0.25) is 14.2 Å². The Morgan fingerprint density at radius 2 is 1.94 bits per heavy atom. The number of thiophene rings is 2. The van der Waals surface area contributed by atoms with Gasteiger partial charge in [0.15, 0.2) is 5.16 Å². The van der Waals surface area contributed by atoms with Gasteiger partial charge in [0.2, 0.25) is 5.91 Å². The van der Waals surface area contributed by atoms with E-state index in [9.17, 15) is 9.59 Å². The zero-order valence-electron chi connectivity index (χ0n) is 18.1. The SMILES string of the molecule is O=C1CCCN1c1ccc(CSc2nc3c(sc4ncccc43)c(=O)n2Cc2cccs2)cc1. The quantitative estimate of drug-likeness (QED) is 0.225. The number of anilines is 1. The molecule has 0 unspecified atom stereocenters. The van der Waals surface area contributed by atoms with E-state index < -0.39 is 0 Å². The molecule has 0 spiro atoms. The summed E-state index contributed by atoms with van der Waals surface area (Å²) in [6.45, 7) is 1.29. The molecule has 34 heavy (non-hydrogen) atoms. The monoisotopic (exact) mass is 504 g/mol. The van der Waals surface area contributed by atoms with Gasteiger partial charge in [-0.2, -0.15) is 0 Å². The van der Waals surface area contributed by atoms with Crippen molar-refractivity contribution < 1.29 is 4.79 Å². The molecule has 1 amide bonds. The van der Waals surface area contributed by atoms with Gasteiger partial charge in [-0.15, -0.1) is 22.7 Å². The first-order chi connectivity index (χ1) is 16.7. The molecule has 9 heteroatoms. The van der Waals surface area contributed by atoms with Crippen molar-refractivity contribution in [3.05, 3.63) is 80.9 Å². The summed E-state index contributed by atoms with van der Waals surface area (Å²) in [5, 5.41) is 3.65. The zero-order chi connectivity index (χ0) is 23.1. The second-order valence-electron chi connectivity index (χ2n) is 8.10. The van der Waals surface area contributed by atoms with Gasteiger partial charge in [0.05, 0.1) is 12.1 Å². The number of pyridine rings is 1. The third-order valence-corrected chi connectivity index (χ3v) is 8.90. The third kappa shape index (κ3) is 3.93. The molecule has 170 valence electrons. The van der Waals surface area contributed by atoms with Crippen LogP contribution in [-0.2, 0) is 17.1 Å². The summed E-state index contributed by atoms with van der Waals surface area (Å²) in [6.07, 6.45) is 3.29. The minimum atomic E-state index is -0.0215. The average molecular weight is 505 g/mol. The summed E-state index contributed by atoms with van der Waals surface area (Å²) in [5.41, 5.74) is 2.77. The van der Waals surface area contributed by atoms with E-state index in [4.69, 9.17) is 4.98 Å². The van der Waals surface area contributed by atoms with Crippen LogP contribution in [0.5, 0.6) is 0 Å². The maximum Gasteiger partial charge on any atom is 0.272 e. The number of benzene rings is 1. The molecule has 0 bridgehead atoms. The smallest absolute Gasteiger partial charge is 0.272 e. The number of amides is 1. The van der Waals surface area contributed by atoms with Crippen molar-refractivity contribution in [2.75, 3.05) is 11.4 Å². The molecule has 6 nitrogen and oxygen atoms in total. The van der Waals surface area contributed by atoms with Crippen molar-refractivity contribution in [1.29, 1.82) is 0 Å². The Kier molecular flexibility index (Phi) is 5.68.